The molecule has 0 amide bonds. The summed E-state index contributed by atoms with van der Waals surface area (Å²) in [6, 6.07) is 6.01. The zero-order chi connectivity index (χ0) is 20.1. The van der Waals surface area contributed by atoms with Crippen LogP contribution >= 0.6 is 0 Å². The lowest BCUT2D eigenvalue weighted by Gasteiger charge is -2.29. The van der Waals surface area contributed by atoms with Crippen LogP contribution in [0.5, 0.6) is 0 Å². The third kappa shape index (κ3) is 6.63. The van der Waals surface area contributed by atoms with E-state index in [4.69, 9.17) is 4.99 Å². The summed E-state index contributed by atoms with van der Waals surface area (Å²) in [5.41, 5.74) is 5.44. The van der Waals surface area contributed by atoms with Gasteiger partial charge in [-0.1, -0.05) is 26.3 Å². The van der Waals surface area contributed by atoms with Gasteiger partial charge in [-0.15, -0.1) is 0 Å². The Morgan fingerprint density at radius 3 is 2.22 bits per heavy atom. The van der Waals surface area contributed by atoms with Crippen molar-refractivity contribution >= 4 is 17.6 Å². The maximum Gasteiger partial charge on any atom is 0.0659 e. The standard InChI is InChI=1S/C23H32N4/c1-17(2)21(18-8-11-24-12-9-18)27-20-15-25-13-10-19(20)14-26-23(6,7)16-22(3,4)5/h8-15,27H,16H2,1-7H3. The van der Waals surface area contributed by atoms with Crippen LogP contribution in [0.15, 0.2) is 53.6 Å². The second kappa shape index (κ2) is 8.47. The summed E-state index contributed by atoms with van der Waals surface area (Å²) in [5, 5.41) is 3.55. The van der Waals surface area contributed by atoms with E-state index in [1.165, 1.54) is 5.57 Å². The molecule has 4 heteroatoms. The Morgan fingerprint density at radius 2 is 1.63 bits per heavy atom. The molecule has 0 unspecified atom stereocenters. The van der Waals surface area contributed by atoms with Crippen molar-refractivity contribution in [1.82, 2.24) is 9.97 Å². The smallest absolute Gasteiger partial charge is 0.0659 e. The summed E-state index contributed by atoms with van der Waals surface area (Å²) in [6.45, 7) is 15.3. The van der Waals surface area contributed by atoms with E-state index in [1.807, 2.05) is 30.6 Å². The Balaban J connectivity index is 2.30. The number of rotatable bonds is 6. The van der Waals surface area contributed by atoms with Gasteiger partial charge in [0.1, 0.15) is 0 Å². The molecular weight excluding hydrogens is 332 g/mol. The fourth-order valence-corrected chi connectivity index (χ4v) is 3.35. The number of anilines is 1. The first-order chi connectivity index (χ1) is 12.6. The summed E-state index contributed by atoms with van der Waals surface area (Å²) in [5.74, 6) is 0. The van der Waals surface area contributed by atoms with Gasteiger partial charge in [-0.3, -0.25) is 15.0 Å². The second-order valence-corrected chi connectivity index (χ2v) is 9.01. The Kier molecular flexibility index (Phi) is 6.53. The molecule has 144 valence electrons. The van der Waals surface area contributed by atoms with E-state index in [2.05, 4.69) is 63.8 Å². The molecule has 0 radical (unpaired) electrons. The Bertz CT molecular complexity index is 808. The number of hydrogen-bond acceptors (Lipinski definition) is 4. The Hall–Kier alpha value is -2.49. The third-order valence-electron chi connectivity index (χ3n) is 4.10. The Morgan fingerprint density at radius 1 is 1.00 bits per heavy atom. The van der Waals surface area contributed by atoms with Gasteiger partial charge in [0, 0.05) is 41.6 Å². The van der Waals surface area contributed by atoms with Gasteiger partial charge in [0.2, 0.25) is 0 Å². The molecule has 0 aliphatic carbocycles. The summed E-state index contributed by atoms with van der Waals surface area (Å²) in [6.07, 6.45) is 10.2. The monoisotopic (exact) mass is 364 g/mol. The lowest BCUT2D eigenvalue weighted by molar-refractivity contribution is 0.289. The molecule has 0 aliphatic heterocycles. The number of allylic oxidation sites excluding steroid dienone is 1. The molecule has 0 fully saturated rings. The number of aromatic nitrogens is 2. The van der Waals surface area contributed by atoms with Crippen LogP contribution in [-0.4, -0.2) is 21.7 Å². The first kappa shape index (κ1) is 20.8. The first-order valence-corrected chi connectivity index (χ1v) is 9.42. The van der Waals surface area contributed by atoms with Crippen molar-refractivity contribution in [3.05, 3.63) is 59.7 Å². The van der Waals surface area contributed by atoms with E-state index in [0.29, 0.717) is 0 Å². The minimum absolute atomic E-state index is 0.122. The number of pyridine rings is 2. The molecule has 0 bridgehead atoms. The maximum absolute atomic E-state index is 4.88. The van der Waals surface area contributed by atoms with Gasteiger partial charge >= 0.3 is 0 Å². The topological polar surface area (TPSA) is 50.2 Å². The molecule has 2 aromatic rings. The third-order valence-corrected chi connectivity index (χ3v) is 4.10. The lowest BCUT2D eigenvalue weighted by Crippen LogP contribution is -2.25. The van der Waals surface area contributed by atoms with Crippen molar-refractivity contribution in [2.24, 2.45) is 10.4 Å². The SMILES string of the molecule is CC(C)=C(Nc1cnccc1C=NC(C)(C)CC(C)(C)C)c1ccncc1. The van der Waals surface area contributed by atoms with E-state index < -0.39 is 0 Å². The largest absolute Gasteiger partial charge is 0.353 e. The molecular formula is C23H32N4. The van der Waals surface area contributed by atoms with Gasteiger partial charge in [0.05, 0.1) is 17.4 Å². The normalized spacial score (nSPS) is 12.3. The minimum Gasteiger partial charge on any atom is -0.353 e. The van der Waals surface area contributed by atoms with E-state index in [1.54, 1.807) is 18.6 Å². The van der Waals surface area contributed by atoms with Crippen molar-refractivity contribution in [3.63, 3.8) is 0 Å². The zero-order valence-electron chi connectivity index (χ0n) is 17.7. The fraction of sp³-hybridized carbons (Fsp3) is 0.435. The highest BCUT2D eigenvalue weighted by atomic mass is 14.9. The van der Waals surface area contributed by atoms with E-state index >= 15 is 0 Å². The van der Waals surface area contributed by atoms with Crippen molar-refractivity contribution in [2.45, 2.75) is 60.4 Å². The minimum atomic E-state index is -0.122. The van der Waals surface area contributed by atoms with Crippen LogP contribution in [-0.2, 0) is 0 Å². The van der Waals surface area contributed by atoms with E-state index in [9.17, 15) is 0 Å². The van der Waals surface area contributed by atoms with E-state index in [-0.39, 0.29) is 11.0 Å². The van der Waals surface area contributed by atoms with Gasteiger partial charge in [0.25, 0.3) is 0 Å². The fourth-order valence-electron chi connectivity index (χ4n) is 3.35. The summed E-state index contributed by atoms with van der Waals surface area (Å²) in [7, 11) is 0. The van der Waals surface area contributed by atoms with Gasteiger partial charge in [0.15, 0.2) is 0 Å². The second-order valence-electron chi connectivity index (χ2n) is 9.01. The van der Waals surface area contributed by atoms with Crippen LogP contribution < -0.4 is 5.32 Å². The molecule has 0 aliphatic rings. The highest BCUT2D eigenvalue weighted by Gasteiger charge is 2.24. The number of aliphatic imine (C=N–C) groups is 1. The van der Waals surface area contributed by atoms with Gasteiger partial charge in [-0.2, -0.15) is 0 Å². The summed E-state index contributed by atoms with van der Waals surface area (Å²) >= 11 is 0. The van der Waals surface area contributed by atoms with Gasteiger partial charge in [-0.25, -0.2) is 0 Å². The zero-order valence-corrected chi connectivity index (χ0v) is 17.7. The molecule has 2 rings (SSSR count). The number of nitrogens with zero attached hydrogens (tertiary/aromatic N) is 3. The van der Waals surface area contributed by atoms with Crippen LogP contribution in [0.1, 0.15) is 66.0 Å². The van der Waals surface area contributed by atoms with Crippen LogP contribution in [0.2, 0.25) is 0 Å². The molecule has 0 saturated heterocycles. The quantitative estimate of drug-likeness (QED) is 0.642. The molecule has 0 aromatic carbocycles. The molecule has 27 heavy (non-hydrogen) atoms. The molecule has 1 N–H and O–H groups in total. The number of nitrogens with one attached hydrogen (secondary N) is 1. The highest BCUT2D eigenvalue weighted by molar-refractivity contribution is 5.91. The Labute approximate surface area is 163 Å². The van der Waals surface area contributed by atoms with E-state index in [0.717, 1.165) is 28.9 Å². The molecule has 0 spiro atoms. The first-order valence-electron chi connectivity index (χ1n) is 9.42. The summed E-state index contributed by atoms with van der Waals surface area (Å²) in [4.78, 5) is 13.3. The molecule has 0 atom stereocenters. The molecule has 2 aromatic heterocycles. The molecule has 0 saturated carbocycles. The highest BCUT2D eigenvalue weighted by Crippen LogP contribution is 2.30. The number of hydrogen-bond donors (Lipinski definition) is 1. The van der Waals surface area contributed by atoms with Crippen LogP contribution in [0.3, 0.4) is 0 Å². The van der Waals surface area contributed by atoms with Crippen molar-refractivity contribution in [3.8, 4) is 0 Å². The molecule has 2 heterocycles. The van der Waals surface area contributed by atoms with Crippen molar-refractivity contribution < 1.29 is 0 Å². The van der Waals surface area contributed by atoms with Crippen LogP contribution in [0.25, 0.3) is 5.70 Å². The van der Waals surface area contributed by atoms with Crippen molar-refractivity contribution in [1.29, 1.82) is 0 Å². The van der Waals surface area contributed by atoms with Gasteiger partial charge in [-0.05, 0) is 57.7 Å². The van der Waals surface area contributed by atoms with Crippen LogP contribution in [0.4, 0.5) is 5.69 Å². The van der Waals surface area contributed by atoms with Crippen molar-refractivity contribution in [2.75, 3.05) is 5.32 Å². The van der Waals surface area contributed by atoms with Gasteiger partial charge < -0.3 is 5.32 Å². The lowest BCUT2D eigenvalue weighted by atomic mass is 9.82. The van der Waals surface area contributed by atoms with Crippen LogP contribution in [0, 0.1) is 5.41 Å². The predicted molar refractivity (Wildman–Crippen MR) is 116 cm³/mol. The summed E-state index contributed by atoms with van der Waals surface area (Å²) < 4.78 is 0. The molecule has 4 nitrogen and oxygen atoms in total. The maximum atomic E-state index is 4.88. The average molecular weight is 365 g/mol. The average Bonchev–Trinajstić information content (AvgIpc) is 2.57. The predicted octanol–water partition coefficient (Wildman–Crippen LogP) is 5.97.